The normalized spacial score (nSPS) is 15.7. The van der Waals surface area contributed by atoms with Crippen molar-refractivity contribution >= 4 is 27.4 Å². The first-order valence-electron chi connectivity index (χ1n) is 5.82. The van der Waals surface area contributed by atoms with E-state index in [4.69, 9.17) is 5.11 Å². The summed E-state index contributed by atoms with van der Waals surface area (Å²) in [5.74, 6) is -1.06. The van der Waals surface area contributed by atoms with Crippen molar-refractivity contribution in [3.63, 3.8) is 0 Å². The summed E-state index contributed by atoms with van der Waals surface area (Å²) < 4.78 is 26.2. The lowest BCUT2D eigenvalue weighted by Gasteiger charge is -2.07. The van der Waals surface area contributed by atoms with Crippen LogP contribution in [-0.2, 0) is 14.8 Å². The molecule has 1 aliphatic heterocycles. The first-order valence-corrected chi connectivity index (χ1v) is 7.26. The van der Waals surface area contributed by atoms with Gasteiger partial charge in [0.2, 0.25) is 0 Å². The summed E-state index contributed by atoms with van der Waals surface area (Å²) in [7, 11) is -3.75. The molecular formula is C13H10N2O4S. The molecular weight excluding hydrogens is 280 g/mol. The van der Waals surface area contributed by atoms with Gasteiger partial charge in [0, 0.05) is 6.20 Å². The van der Waals surface area contributed by atoms with E-state index < -0.39 is 16.0 Å². The number of benzene rings is 1. The Balaban J connectivity index is 2.35. The van der Waals surface area contributed by atoms with Crippen LogP contribution in [0.3, 0.4) is 0 Å². The minimum absolute atomic E-state index is 0.0674. The van der Waals surface area contributed by atoms with Crippen LogP contribution in [0.15, 0.2) is 52.5 Å². The molecule has 3 rings (SSSR count). The fourth-order valence-electron chi connectivity index (χ4n) is 2.15. The Kier molecular flexibility index (Phi) is 2.72. The Morgan fingerprint density at radius 3 is 2.70 bits per heavy atom. The number of para-hydroxylation sites is 1. The van der Waals surface area contributed by atoms with Gasteiger partial charge < -0.3 is 5.11 Å². The molecule has 1 aliphatic rings. The van der Waals surface area contributed by atoms with E-state index in [1.54, 1.807) is 30.3 Å². The molecule has 20 heavy (non-hydrogen) atoms. The summed E-state index contributed by atoms with van der Waals surface area (Å²) in [4.78, 5) is 15.2. The van der Waals surface area contributed by atoms with Crippen LogP contribution in [0.2, 0.25) is 0 Å². The number of carboxylic acids is 1. The number of aliphatic imine (C=N–C) groups is 1. The lowest BCUT2D eigenvalue weighted by Crippen LogP contribution is -2.17. The van der Waals surface area contributed by atoms with Crippen LogP contribution >= 0.6 is 0 Å². The number of rotatable bonds is 2. The number of carbonyl (C=O) groups is 1. The van der Waals surface area contributed by atoms with Crippen LogP contribution in [0, 0.1) is 0 Å². The number of nitrogens with zero attached hydrogens (tertiary/aromatic N) is 2. The average Bonchev–Trinajstić information content (AvgIpc) is 2.85. The minimum Gasteiger partial charge on any atom is -0.481 e. The second-order valence-corrected chi connectivity index (χ2v) is 6.07. The summed E-state index contributed by atoms with van der Waals surface area (Å²) in [6.07, 6.45) is 1.05. The minimum atomic E-state index is -3.75. The van der Waals surface area contributed by atoms with Crippen molar-refractivity contribution in [2.24, 2.45) is 4.99 Å². The molecule has 0 atom stereocenters. The molecule has 0 bridgehead atoms. The molecule has 2 aromatic rings. The molecule has 0 radical (unpaired) electrons. The molecule has 6 nitrogen and oxygen atoms in total. The number of hydrogen-bond acceptors (Lipinski definition) is 4. The first-order chi connectivity index (χ1) is 9.50. The SMILES string of the molecule is O=C(O)CC1=Nc2ccccc2S(=O)(=O)n2cccc21. The summed E-state index contributed by atoms with van der Waals surface area (Å²) in [5, 5.41) is 8.96. The lowest BCUT2D eigenvalue weighted by molar-refractivity contribution is -0.135. The number of aliphatic carboxylic acids is 1. The molecule has 0 saturated heterocycles. The predicted octanol–water partition coefficient (Wildman–Crippen LogP) is 1.63. The molecule has 2 heterocycles. The second-order valence-electron chi connectivity index (χ2n) is 4.29. The topological polar surface area (TPSA) is 88.7 Å². The molecule has 0 spiro atoms. The van der Waals surface area contributed by atoms with Gasteiger partial charge >= 0.3 is 5.97 Å². The van der Waals surface area contributed by atoms with Crippen LogP contribution in [0.4, 0.5) is 5.69 Å². The lowest BCUT2D eigenvalue weighted by atomic mass is 10.2. The van der Waals surface area contributed by atoms with Gasteiger partial charge in [-0.2, -0.15) is 0 Å². The van der Waals surface area contributed by atoms with Crippen molar-refractivity contribution in [3.05, 3.63) is 48.3 Å². The summed E-state index contributed by atoms with van der Waals surface area (Å²) in [6.45, 7) is 0. The second kappa shape index (κ2) is 4.31. The number of fused-ring (bicyclic) bond motifs is 2. The van der Waals surface area contributed by atoms with E-state index in [0.717, 1.165) is 3.97 Å². The standard InChI is InChI=1S/C13H10N2O4S/c16-13(17)8-10-11-5-3-7-15(11)20(18,19)12-6-2-1-4-9(12)14-10/h1-7H,8H2,(H,16,17). The van der Waals surface area contributed by atoms with Gasteiger partial charge in [-0.05, 0) is 24.3 Å². The summed E-state index contributed by atoms with van der Waals surface area (Å²) in [5.41, 5.74) is 0.757. The maximum atomic E-state index is 12.6. The third-order valence-corrected chi connectivity index (χ3v) is 4.72. The van der Waals surface area contributed by atoms with Gasteiger partial charge in [-0.3, -0.25) is 4.79 Å². The molecule has 0 saturated carbocycles. The molecule has 1 aromatic heterocycles. The van der Waals surface area contributed by atoms with Gasteiger partial charge in [0.25, 0.3) is 10.0 Å². The number of carboxylic acid groups (broad SMARTS) is 1. The van der Waals surface area contributed by atoms with Crippen molar-refractivity contribution < 1.29 is 18.3 Å². The Bertz CT molecular complexity index is 834. The molecule has 102 valence electrons. The van der Waals surface area contributed by atoms with E-state index in [0.29, 0.717) is 0 Å². The molecule has 0 unspecified atom stereocenters. The highest BCUT2D eigenvalue weighted by molar-refractivity contribution is 7.90. The quantitative estimate of drug-likeness (QED) is 0.910. The molecule has 0 aliphatic carbocycles. The van der Waals surface area contributed by atoms with Crippen molar-refractivity contribution in [1.82, 2.24) is 3.97 Å². The maximum Gasteiger partial charge on any atom is 0.309 e. The Labute approximate surface area is 115 Å². The van der Waals surface area contributed by atoms with E-state index in [1.165, 1.54) is 12.3 Å². The highest BCUT2D eigenvalue weighted by Gasteiger charge is 2.28. The van der Waals surface area contributed by atoms with Crippen LogP contribution in [0.25, 0.3) is 0 Å². The van der Waals surface area contributed by atoms with Crippen molar-refractivity contribution in [2.45, 2.75) is 11.3 Å². The smallest absolute Gasteiger partial charge is 0.309 e. The van der Waals surface area contributed by atoms with Crippen molar-refractivity contribution in [2.75, 3.05) is 0 Å². The fourth-order valence-corrected chi connectivity index (χ4v) is 3.64. The highest BCUT2D eigenvalue weighted by Crippen LogP contribution is 2.31. The monoisotopic (exact) mass is 290 g/mol. The first kappa shape index (κ1) is 12.6. The van der Waals surface area contributed by atoms with E-state index in [1.807, 2.05) is 0 Å². The predicted molar refractivity (Wildman–Crippen MR) is 71.9 cm³/mol. The van der Waals surface area contributed by atoms with Gasteiger partial charge in [-0.25, -0.2) is 17.4 Å². The number of hydrogen-bond donors (Lipinski definition) is 1. The highest BCUT2D eigenvalue weighted by atomic mass is 32.2. The van der Waals surface area contributed by atoms with E-state index in [2.05, 4.69) is 4.99 Å². The third-order valence-electron chi connectivity index (χ3n) is 2.98. The Hall–Kier alpha value is -2.41. The van der Waals surface area contributed by atoms with Crippen molar-refractivity contribution in [3.8, 4) is 0 Å². The average molecular weight is 290 g/mol. The van der Waals surface area contributed by atoms with Crippen LogP contribution in [0.1, 0.15) is 12.1 Å². The number of aromatic nitrogens is 1. The summed E-state index contributed by atoms with van der Waals surface area (Å²) in [6, 6.07) is 9.39. The molecule has 7 heteroatoms. The van der Waals surface area contributed by atoms with E-state index >= 15 is 0 Å². The van der Waals surface area contributed by atoms with E-state index in [9.17, 15) is 13.2 Å². The molecule has 1 aromatic carbocycles. The zero-order valence-corrected chi connectivity index (χ0v) is 11.0. The fraction of sp³-hybridized carbons (Fsp3) is 0.0769. The van der Waals surface area contributed by atoms with Crippen LogP contribution in [-0.4, -0.2) is 29.2 Å². The van der Waals surface area contributed by atoms with Crippen molar-refractivity contribution in [1.29, 1.82) is 0 Å². The van der Waals surface area contributed by atoms with Gasteiger partial charge in [0.15, 0.2) is 0 Å². The summed E-state index contributed by atoms with van der Waals surface area (Å²) >= 11 is 0. The van der Waals surface area contributed by atoms with Crippen LogP contribution in [0.5, 0.6) is 0 Å². The third kappa shape index (κ3) is 1.83. The van der Waals surface area contributed by atoms with Gasteiger partial charge in [0.05, 0.1) is 23.5 Å². The zero-order valence-electron chi connectivity index (χ0n) is 10.2. The molecule has 0 amide bonds. The maximum absolute atomic E-state index is 12.6. The Morgan fingerprint density at radius 1 is 1.20 bits per heavy atom. The van der Waals surface area contributed by atoms with Gasteiger partial charge in [0.1, 0.15) is 4.90 Å². The van der Waals surface area contributed by atoms with E-state index in [-0.39, 0.29) is 28.4 Å². The largest absolute Gasteiger partial charge is 0.481 e. The van der Waals surface area contributed by atoms with Gasteiger partial charge in [-0.15, -0.1) is 0 Å². The molecule has 0 fully saturated rings. The Morgan fingerprint density at radius 2 is 1.95 bits per heavy atom. The van der Waals surface area contributed by atoms with Gasteiger partial charge in [-0.1, -0.05) is 12.1 Å². The zero-order chi connectivity index (χ0) is 14.3. The van der Waals surface area contributed by atoms with Crippen LogP contribution < -0.4 is 0 Å². The molecule has 1 N–H and O–H groups in total.